The smallest absolute Gasteiger partial charge is 0.235 e. The van der Waals surface area contributed by atoms with Crippen LogP contribution in [0.1, 0.15) is 51.9 Å². The first-order valence-corrected chi connectivity index (χ1v) is 10.7. The Balaban J connectivity index is 1.55. The number of nitrogens with one attached hydrogen (secondary N) is 2. The van der Waals surface area contributed by atoms with Gasteiger partial charge in [-0.1, -0.05) is 38.7 Å². The zero-order chi connectivity index (χ0) is 19.1. The molecule has 6 nitrogen and oxygen atoms in total. The lowest BCUT2D eigenvalue weighted by atomic mass is 9.95. The van der Waals surface area contributed by atoms with Gasteiger partial charge in [-0.05, 0) is 43.3 Å². The van der Waals surface area contributed by atoms with Crippen LogP contribution >= 0.6 is 11.9 Å². The predicted octanol–water partition coefficient (Wildman–Crippen LogP) is 3.97. The van der Waals surface area contributed by atoms with Crippen LogP contribution in [0.15, 0.2) is 36.7 Å². The number of ether oxygens (including phenoxy) is 1. The third-order valence-corrected chi connectivity index (χ3v) is 6.06. The van der Waals surface area contributed by atoms with Crippen LogP contribution in [0.3, 0.4) is 0 Å². The maximum absolute atomic E-state index is 12.8. The Kier molecular flexibility index (Phi) is 7.29. The number of hydrazine groups is 2. The highest BCUT2D eigenvalue weighted by atomic mass is 32.2. The second-order valence-electron chi connectivity index (χ2n) is 7.02. The quantitative estimate of drug-likeness (QED) is 0.655. The van der Waals surface area contributed by atoms with Gasteiger partial charge in [0.05, 0.1) is 12.8 Å². The molecule has 1 aromatic carbocycles. The highest BCUT2D eigenvalue weighted by Gasteiger charge is 2.26. The predicted molar refractivity (Wildman–Crippen MR) is 111 cm³/mol. The van der Waals surface area contributed by atoms with Crippen molar-refractivity contribution in [2.24, 2.45) is 0 Å². The van der Waals surface area contributed by atoms with Gasteiger partial charge in [-0.3, -0.25) is 9.80 Å². The van der Waals surface area contributed by atoms with E-state index in [2.05, 4.69) is 17.8 Å². The molecule has 27 heavy (non-hydrogen) atoms. The summed E-state index contributed by atoms with van der Waals surface area (Å²) in [6.07, 6.45) is 11.7. The van der Waals surface area contributed by atoms with Crippen molar-refractivity contribution in [1.82, 2.24) is 15.3 Å². The highest BCUT2D eigenvalue weighted by molar-refractivity contribution is 7.98. The van der Waals surface area contributed by atoms with Gasteiger partial charge in [0, 0.05) is 24.5 Å². The van der Waals surface area contributed by atoms with E-state index in [0.717, 1.165) is 37.1 Å². The summed E-state index contributed by atoms with van der Waals surface area (Å²) < 4.78 is 7.19. The lowest BCUT2D eigenvalue weighted by Gasteiger charge is -2.28. The Morgan fingerprint density at radius 1 is 1.33 bits per heavy atom. The van der Waals surface area contributed by atoms with Gasteiger partial charge >= 0.3 is 0 Å². The molecule has 1 fully saturated rings. The van der Waals surface area contributed by atoms with Gasteiger partial charge in [-0.15, -0.1) is 5.53 Å². The first kappa shape index (κ1) is 19.9. The number of methoxy groups -OCH3 is 1. The van der Waals surface area contributed by atoms with Crippen LogP contribution in [-0.2, 0) is 4.79 Å². The summed E-state index contributed by atoms with van der Waals surface area (Å²) in [5, 5.41) is 5.08. The molecule has 1 atom stereocenters. The molecule has 2 aliphatic rings. The van der Waals surface area contributed by atoms with E-state index in [-0.39, 0.29) is 11.2 Å². The summed E-state index contributed by atoms with van der Waals surface area (Å²) in [6.45, 7) is 2.12. The van der Waals surface area contributed by atoms with Gasteiger partial charge in [-0.25, -0.2) is 4.41 Å². The number of amides is 1. The van der Waals surface area contributed by atoms with E-state index in [0.29, 0.717) is 6.04 Å². The molecule has 0 saturated heterocycles. The van der Waals surface area contributed by atoms with Crippen LogP contribution in [0.4, 0.5) is 5.69 Å². The SMILES string of the molecule is CCCC(SN1C=CN(c2cccc(OC)c2)N1)C(=O)NC1CCCCC1. The molecule has 3 rings (SSSR count). The van der Waals surface area contributed by atoms with Crippen molar-refractivity contribution in [1.29, 1.82) is 0 Å². The number of nitrogens with zero attached hydrogens (tertiary/aromatic N) is 2. The van der Waals surface area contributed by atoms with Crippen LogP contribution in [0.5, 0.6) is 5.75 Å². The second-order valence-corrected chi connectivity index (χ2v) is 8.19. The number of rotatable bonds is 8. The molecule has 0 spiro atoms. The zero-order valence-electron chi connectivity index (χ0n) is 16.2. The minimum atomic E-state index is -0.0978. The molecule has 148 valence electrons. The minimum Gasteiger partial charge on any atom is -0.497 e. The maximum Gasteiger partial charge on any atom is 0.235 e. The van der Waals surface area contributed by atoms with Crippen LogP contribution < -0.4 is 20.6 Å². The fraction of sp³-hybridized carbons (Fsp3) is 0.550. The highest BCUT2D eigenvalue weighted by Crippen LogP contribution is 2.27. The summed E-state index contributed by atoms with van der Waals surface area (Å²) in [7, 11) is 1.66. The lowest BCUT2D eigenvalue weighted by Crippen LogP contribution is -2.43. The zero-order valence-corrected chi connectivity index (χ0v) is 17.0. The lowest BCUT2D eigenvalue weighted by molar-refractivity contribution is -0.121. The van der Waals surface area contributed by atoms with Gasteiger partial charge in [0.15, 0.2) is 0 Å². The number of anilines is 1. The first-order valence-electron chi connectivity index (χ1n) is 9.84. The Morgan fingerprint density at radius 3 is 2.89 bits per heavy atom. The molecular weight excluding hydrogens is 360 g/mol. The van der Waals surface area contributed by atoms with Crippen molar-refractivity contribution >= 4 is 23.5 Å². The van der Waals surface area contributed by atoms with E-state index in [1.165, 1.54) is 31.2 Å². The summed E-state index contributed by atoms with van der Waals surface area (Å²) in [4.78, 5) is 12.8. The largest absolute Gasteiger partial charge is 0.497 e. The normalized spacial score (nSPS) is 18.6. The van der Waals surface area contributed by atoms with Crippen molar-refractivity contribution < 1.29 is 9.53 Å². The number of hydrogen-bond acceptors (Lipinski definition) is 6. The molecule has 7 heteroatoms. The molecule has 0 radical (unpaired) electrons. The van der Waals surface area contributed by atoms with Crippen molar-refractivity contribution in [3.63, 3.8) is 0 Å². The molecule has 1 heterocycles. The van der Waals surface area contributed by atoms with Crippen molar-refractivity contribution in [3.05, 3.63) is 36.7 Å². The van der Waals surface area contributed by atoms with Crippen molar-refractivity contribution in [2.75, 3.05) is 12.1 Å². The third-order valence-electron chi connectivity index (χ3n) is 4.92. The molecular formula is C20H30N4O2S. The van der Waals surface area contributed by atoms with E-state index in [1.54, 1.807) is 7.11 Å². The number of hydrogen-bond donors (Lipinski definition) is 2. The molecule has 0 bridgehead atoms. The molecule has 2 N–H and O–H groups in total. The molecule has 1 saturated carbocycles. The average molecular weight is 391 g/mol. The number of carbonyl (C=O) groups excluding carboxylic acids is 1. The van der Waals surface area contributed by atoms with Crippen LogP contribution in [0.2, 0.25) is 0 Å². The minimum absolute atomic E-state index is 0.0978. The van der Waals surface area contributed by atoms with E-state index < -0.39 is 0 Å². The van der Waals surface area contributed by atoms with Gasteiger partial charge in [0.1, 0.15) is 11.0 Å². The molecule has 0 aromatic heterocycles. The van der Waals surface area contributed by atoms with Gasteiger partial charge in [0.25, 0.3) is 0 Å². The summed E-state index contributed by atoms with van der Waals surface area (Å²) in [5.74, 6) is 0.966. The first-order chi connectivity index (χ1) is 13.2. The van der Waals surface area contributed by atoms with E-state index in [1.807, 2.05) is 46.1 Å². The van der Waals surface area contributed by atoms with Gasteiger partial charge < -0.3 is 10.1 Å². The Morgan fingerprint density at radius 2 is 2.15 bits per heavy atom. The summed E-state index contributed by atoms with van der Waals surface area (Å²) in [6, 6.07) is 8.19. The summed E-state index contributed by atoms with van der Waals surface area (Å²) in [5.41, 5.74) is 4.27. The third kappa shape index (κ3) is 5.56. The topological polar surface area (TPSA) is 56.8 Å². The molecule has 1 aromatic rings. The van der Waals surface area contributed by atoms with E-state index >= 15 is 0 Å². The van der Waals surface area contributed by atoms with Crippen molar-refractivity contribution in [3.8, 4) is 5.75 Å². The van der Waals surface area contributed by atoms with Crippen LogP contribution in [0.25, 0.3) is 0 Å². The van der Waals surface area contributed by atoms with Crippen molar-refractivity contribution in [2.45, 2.75) is 63.2 Å². The summed E-state index contributed by atoms with van der Waals surface area (Å²) >= 11 is 1.53. The van der Waals surface area contributed by atoms with Crippen LogP contribution in [0, 0.1) is 0 Å². The molecule has 1 aliphatic carbocycles. The molecule has 1 unspecified atom stereocenters. The molecule has 1 aliphatic heterocycles. The number of benzene rings is 1. The van der Waals surface area contributed by atoms with E-state index in [9.17, 15) is 4.79 Å². The van der Waals surface area contributed by atoms with Crippen LogP contribution in [-0.4, -0.2) is 28.7 Å². The Labute approximate surface area is 166 Å². The Hall–Kier alpha value is -1.86. The maximum atomic E-state index is 12.8. The van der Waals surface area contributed by atoms with E-state index in [4.69, 9.17) is 4.74 Å². The average Bonchev–Trinajstić information content (AvgIpc) is 3.17. The number of carbonyl (C=O) groups is 1. The fourth-order valence-corrected chi connectivity index (χ4v) is 4.47. The Bertz CT molecular complexity index is 649. The fourth-order valence-electron chi connectivity index (χ4n) is 3.43. The van der Waals surface area contributed by atoms with Gasteiger partial charge in [-0.2, -0.15) is 0 Å². The molecule has 1 amide bonds. The monoisotopic (exact) mass is 390 g/mol. The second kappa shape index (κ2) is 9.90. The van der Waals surface area contributed by atoms with Gasteiger partial charge in [0.2, 0.25) is 5.91 Å². The standard InChI is InChI=1S/C20H30N4O2S/c1-3-8-19(20(25)21-16-9-5-4-6-10-16)27-24-14-13-23(22-24)17-11-7-12-18(15-17)26-2/h7,11-16,19,22H,3-6,8-10H2,1-2H3,(H,21,25).